The SMILES string of the molecule is CN(CC#N)Cc1ccc(Br)cc1F. The largest absolute Gasteiger partial charge is 0.289 e. The highest BCUT2D eigenvalue weighted by Gasteiger charge is 2.05. The first kappa shape index (κ1) is 11.2. The van der Waals surface area contributed by atoms with Crippen LogP contribution in [0.1, 0.15) is 5.56 Å². The summed E-state index contributed by atoms with van der Waals surface area (Å²) >= 11 is 3.19. The van der Waals surface area contributed by atoms with Crippen LogP contribution >= 0.6 is 15.9 Å². The third-order valence-corrected chi connectivity index (χ3v) is 2.29. The Balaban J connectivity index is 2.73. The van der Waals surface area contributed by atoms with E-state index >= 15 is 0 Å². The lowest BCUT2D eigenvalue weighted by molar-refractivity contribution is 0.360. The van der Waals surface area contributed by atoms with Crippen LogP contribution in [-0.4, -0.2) is 18.5 Å². The van der Waals surface area contributed by atoms with Gasteiger partial charge in [-0.05, 0) is 19.2 Å². The fraction of sp³-hybridized carbons (Fsp3) is 0.300. The van der Waals surface area contributed by atoms with Gasteiger partial charge in [-0.1, -0.05) is 22.0 Å². The van der Waals surface area contributed by atoms with Crippen molar-refractivity contribution in [1.29, 1.82) is 5.26 Å². The van der Waals surface area contributed by atoms with Gasteiger partial charge >= 0.3 is 0 Å². The third kappa shape index (κ3) is 3.09. The second kappa shape index (κ2) is 5.08. The summed E-state index contributed by atoms with van der Waals surface area (Å²) in [6.45, 7) is 0.752. The van der Waals surface area contributed by atoms with Gasteiger partial charge in [0.05, 0.1) is 12.6 Å². The van der Waals surface area contributed by atoms with Crippen molar-refractivity contribution in [2.24, 2.45) is 0 Å². The minimum Gasteiger partial charge on any atom is -0.289 e. The van der Waals surface area contributed by atoms with E-state index in [0.717, 1.165) is 4.47 Å². The van der Waals surface area contributed by atoms with Crippen molar-refractivity contribution >= 4 is 15.9 Å². The summed E-state index contributed by atoms with van der Waals surface area (Å²) in [7, 11) is 1.78. The molecule has 0 aliphatic carbocycles. The molecule has 1 rings (SSSR count). The number of nitrogens with zero attached hydrogens (tertiary/aromatic N) is 2. The van der Waals surface area contributed by atoms with E-state index in [9.17, 15) is 4.39 Å². The van der Waals surface area contributed by atoms with Crippen molar-refractivity contribution in [3.05, 3.63) is 34.1 Å². The van der Waals surface area contributed by atoms with Crippen molar-refractivity contribution in [3.8, 4) is 6.07 Å². The molecule has 0 spiro atoms. The van der Waals surface area contributed by atoms with E-state index < -0.39 is 0 Å². The van der Waals surface area contributed by atoms with E-state index in [2.05, 4.69) is 15.9 Å². The first-order valence-corrected chi connectivity index (χ1v) is 4.92. The van der Waals surface area contributed by atoms with Crippen molar-refractivity contribution < 1.29 is 4.39 Å². The van der Waals surface area contributed by atoms with E-state index in [1.165, 1.54) is 6.07 Å². The molecular weight excluding hydrogens is 247 g/mol. The lowest BCUT2D eigenvalue weighted by atomic mass is 10.2. The van der Waals surface area contributed by atoms with E-state index in [0.29, 0.717) is 18.7 Å². The van der Waals surface area contributed by atoms with Gasteiger partial charge in [-0.3, -0.25) is 4.90 Å². The average molecular weight is 257 g/mol. The van der Waals surface area contributed by atoms with Crippen LogP contribution in [0.4, 0.5) is 4.39 Å². The van der Waals surface area contributed by atoms with Crippen LogP contribution in [0.5, 0.6) is 0 Å². The Morgan fingerprint density at radius 1 is 1.57 bits per heavy atom. The number of rotatable bonds is 3. The summed E-state index contributed by atoms with van der Waals surface area (Å²) in [6, 6.07) is 6.94. The Kier molecular flexibility index (Phi) is 4.05. The van der Waals surface area contributed by atoms with Gasteiger partial charge in [0.2, 0.25) is 0 Å². The minimum absolute atomic E-state index is 0.246. The quantitative estimate of drug-likeness (QED) is 0.778. The monoisotopic (exact) mass is 256 g/mol. The maximum absolute atomic E-state index is 13.3. The van der Waals surface area contributed by atoms with Crippen molar-refractivity contribution in [2.45, 2.75) is 6.54 Å². The Bertz CT molecular complexity index is 360. The highest BCUT2D eigenvalue weighted by atomic mass is 79.9. The predicted molar refractivity (Wildman–Crippen MR) is 56.0 cm³/mol. The van der Waals surface area contributed by atoms with Crippen molar-refractivity contribution in [2.75, 3.05) is 13.6 Å². The molecule has 0 atom stereocenters. The van der Waals surface area contributed by atoms with Gasteiger partial charge in [0, 0.05) is 16.6 Å². The summed E-state index contributed by atoms with van der Waals surface area (Å²) in [5.41, 5.74) is 0.603. The average Bonchev–Trinajstić information content (AvgIpc) is 2.10. The highest BCUT2D eigenvalue weighted by molar-refractivity contribution is 9.10. The molecule has 0 fully saturated rings. The predicted octanol–water partition coefficient (Wildman–Crippen LogP) is 2.54. The van der Waals surface area contributed by atoms with Gasteiger partial charge < -0.3 is 0 Å². The number of hydrogen-bond acceptors (Lipinski definition) is 2. The standard InChI is InChI=1S/C10H10BrFN2/c1-14(5-4-13)7-8-2-3-9(11)6-10(8)12/h2-3,6H,5,7H2,1H3. The molecule has 0 N–H and O–H groups in total. The topological polar surface area (TPSA) is 27.0 Å². The second-order valence-electron chi connectivity index (χ2n) is 3.07. The van der Waals surface area contributed by atoms with Crippen molar-refractivity contribution in [1.82, 2.24) is 4.90 Å². The summed E-state index contributed by atoms with van der Waals surface area (Å²) in [5.74, 6) is -0.246. The Hall–Kier alpha value is -0.920. The molecule has 0 radical (unpaired) electrons. The molecule has 1 aromatic carbocycles. The molecule has 0 aliphatic heterocycles. The first-order chi connectivity index (χ1) is 6.63. The van der Waals surface area contributed by atoms with E-state index in [1.54, 1.807) is 24.1 Å². The Labute approximate surface area is 91.1 Å². The molecule has 0 aliphatic rings. The fourth-order valence-electron chi connectivity index (χ4n) is 1.12. The number of benzene rings is 1. The van der Waals surface area contributed by atoms with E-state index in [1.807, 2.05) is 6.07 Å². The maximum Gasteiger partial charge on any atom is 0.128 e. The van der Waals surface area contributed by atoms with Gasteiger partial charge in [0.1, 0.15) is 5.82 Å². The molecule has 0 heterocycles. The molecule has 1 aromatic rings. The molecule has 0 amide bonds. The van der Waals surface area contributed by atoms with Crippen LogP contribution in [0.15, 0.2) is 22.7 Å². The van der Waals surface area contributed by atoms with Gasteiger partial charge in [0.15, 0.2) is 0 Å². The number of nitriles is 1. The van der Waals surface area contributed by atoms with Crippen LogP contribution in [-0.2, 0) is 6.54 Å². The Morgan fingerprint density at radius 2 is 2.29 bits per heavy atom. The molecule has 0 saturated heterocycles. The summed E-state index contributed by atoms with van der Waals surface area (Å²) in [5, 5.41) is 8.44. The lowest BCUT2D eigenvalue weighted by Gasteiger charge is -2.12. The van der Waals surface area contributed by atoms with Crippen LogP contribution in [0, 0.1) is 17.1 Å². The molecule has 14 heavy (non-hydrogen) atoms. The zero-order chi connectivity index (χ0) is 10.6. The number of halogens is 2. The van der Waals surface area contributed by atoms with Gasteiger partial charge in [-0.15, -0.1) is 0 Å². The minimum atomic E-state index is -0.246. The zero-order valence-electron chi connectivity index (χ0n) is 7.80. The van der Waals surface area contributed by atoms with E-state index in [4.69, 9.17) is 5.26 Å². The van der Waals surface area contributed by atoms with Crippen LogP contribution in [0.25, 0.3) is 0 Å². The molecule has 0 aromatic heterocycles. The first-order valence-electron chi connectivity index (χ1n) is 4.13. The Morgan fingerprint density at radius 3 is 2.86 bits per heavy atom. The second-order valence-corrected chi connectivity index (χ2v) is 3.98. The summed E-state index contributed by atoms with van der Waals surface area (Å²) in [4.78, 5) is 1.76. The summed E-state index contributed by atoms with van der Waals surface area (Å²) < 4.78 is 14.0. The van der Waals surface area contributed by atoms with Gasteiger partial charge in [-0.25, -0.2) is 4.39 Å². The lowest BCUT2D eigenvalue weighted by Crippen LogP contribution is -2.18. The molecule has 0 bridgehead atoms. The zero-order valence-corrected chi connectivity index (χ0v) is 9.38. The highest BCUT2D eigenvalue weighted by Crippen LogP contribution is 2.16. The number of hydrogen-bond donors (Lipinski definition) is 0. The molecule has 4 heteroatoms. The summed E-state index contributed by atoms with van der Waals surface area (Å²) in [6.07, 6.45) is 0. The maximum atomic E-state index is 13.3. The molecule has 0 saturated carbocycles. The van der Waals surface area contributed by atoms with Gasteiger partial charge in [0.25, 0.3) is 0 Å². The molecule has 0 unspecified atom stereocenters. The van der Waals surface area contributed by atoms with Gasteiger partial charge in [-0.2, -0.15) is 5.26 Å². The smallest absolute Gasteiger partial charge is 0.128 e. The third-order valence-electron chi connectivity index (χ3n) is 1.80. The van der Waals surface area contributed by atoms with Crippen LogP contribution in [0.3, 0.4) is 0 Å². The molecule has 2 nitrogen and oxygen atoms in total. The van der Waals surface area contributed by atoms with Crippen LogP contribution < -0.4 is 0 Å². The van der Waals surface area contributed by atoms with Crippen molar-refractivity contribution in [3.63, 3.8) is 0 Å². The molecular formula is C10H10BrFN2. The van der Waals surface area contributed by atoms with E-state index in [-0.39, 0.29) is 5.82 Å². The fourth-order valence-corrected chi connectivity index (χ4v) is 1.45. The van der Waals surface area contributed by atoms with Crippen LogP contribution in [0.2, 0.25) is 0 Å². The molecule has 74 valence electrons. The normalized spacial score (nSPS) is 10.2.